The third-order valence-electron chi connectivity index (χ3n) is 3.51. The molecule has 0 saturated heterocycles. The molecule has 0 unspecified atom stereocenters. The van der Waals surface area contributed by atoms with Crippen molar-refractivity contribution < 1.29 is 27.8 Å². The van der Waals surface area contributed by atoms with Gasteiger partial charge in [-0.25, -0.2) is 4.79 Å². The number of halogens is 3. The van der Waals surface area contributed by atoms with Gasteiger partial charge in [0.1, 0.15) is 5.75 Å². The Kier molecular flexibility index (Phi) is 5.41. The van der Waals surface area contributed by atoms with E-state index < -0.39 is 23.8 Å². The second-order valence-electron chi connectivity index (χ2n) is 5.36. The molecular formula is C17H16F3N3O3. The lowest BCUT2D eigenvalue weighted by atomic mass is 10.00. The highest BCUT2D eigenvalue weighted by atomic mass is 19.4. The summed E-state index contributed by atoms with van der Waals surface area (Å²) in [5, 5.41) is 9.03. The van der Waals surface area contributed by atoms with E-state index in [1.807, 2.05) is 12.3 Å². The van der Waals surface area contributed by atoms with Crippen LogP contribution < -0.4 is 21.7 Å². The molecule has 138 valence electrons. The van der Waals surface area contributed by atoms with Crippen molar-refractivity contribution in [3.8, 4) is 16.9 Å². The van der Waals surface area contributed by atoms with Crippen LogP contribution in [0, 0.1) is 6.92 Å². The standard InChI is InChI=1S/C17H16F3N3O3/c1-9-2-4-10(5-3-9)12-7-6-11(8-13(12)26-17(18,19)20)14(21)15(23-22)16(24)25/h2-8,23H,21-22H2,1H3,(H,24,25)/b15-14-. The van der Waals surface area contributed by atoms with E-state index in [4.69, 9.17) is 16.7 Å². The molecule has 9 heteroatoms. The zero-order valence-electron chi connectivity index (χ0n) is 13.6. The van der Waals surface area contributed by atoms with Crippen LogP contribution in [0.3, 0.4) is 0 Å². The van der Waals surface area contributed by atoms with Crippen LogP contribution in [0.1, 0.15) is 11.1 Å². The molecule has 6 nitrogen and oxygen atoms in total. The molecule has 2 rings (SSSR count). The van der Waals surface area contributed by atoms with E-state index in [1.54, 1.807) is 24.3 Å². The van der Waals surface area contributed by atoms with Crippen molar-refractivity contribution in [3.63, 3.8) is 0 Å². The van der Waals surface area contributed by atoms with Gasteiger partial charge in [0, 0.05) is 11.1 Å². The van der Waals surface area contributed by atoms with Crippen molar-refractivity contribution in [2.24, 2.45) is 11.6 Å². The number of hydrazine groups is 1. The molecule has 0 amide bonds. The number of benzene rings is 2. The second kappa shape index (κ2) is 7.36. The van der Waals surface area contributed by atoms with Crippen LogP contribution in [0.25, 0.3) is 16.8 Å². The van der Waals surface area contributed by atoms with Crippen LogP contribution in [-0.4, -0.2) is 17.4 Å². The normalized spacial score (nSPS) is 12.3. The summed E-state index contributed by atoms with van der Waals surface area (Å²) in [7, 11) is 0. The maximum atomic E-state index is 12.8. The Balaban J connectivity index is 2.61. The average Bonchev–Trinajstić information content (AvgIpc) is 2.54. The smallest absolute Gasteiger partial charge is 0.476 e. The number of ether oxygens (including phenoxy) is 1. The molecule has 0 spiro atoms. The van der Waals surface area contributed by atoms with Crippen LogP contribution in [-0.2, 0) is 4.79 Å². The number of aryl methyl sites for hydroxylation is 1. The number of nitrogens with two attached hydrogens (primary N) is 2. The number of nitrogens with one attached hydrogen (secondary N) is 1. The van der Waals surface area contributed by atoms with E-state index in [0.717, 1.165) is 11.6 Å². The minimum atomic E-state index is -4.93. The Morgan fingerprint density at radius 1 is 1.15 bits per heavy atom. The van der Waals surface area contributed by atoms with Crippen LogP contribution in [0.2, 0.25) is 0 Å². The summed E-state index contributed by atoms with van der Waals surface area (Å²) in [4.78, 5) is 11.1. The lowest BCUT2D eigenvalue weighted by Gasteiger charge is -2.16. The molecule has 0 aliphatic carbocycles. The van der Waals surface area contributed by atoms with Gasteiger partial charge in [0.25, 0.3) is 0 Å². The first-order valence-corrected chi connectivity index (χ1v) is 7.29. The fourth-order valence-electron chi connectivity index (χ4n) is 2.27. The zero-order valence-corrected chi connectivity index (χ0v) is 13.6. The lowest BCUT2D eigenvalue weighted by Crippen LogP contribution is -2.29. The molecule has 0 aromatic heterocycles. The van der Waals surface area contributed by atoms with E-state index >= 15 is 0 Å². The van der Waals surface area contributed by atoms with Gasteiger partial charge in [-0.1, -0.05) is 35.9 Å². The molecule has 2 aromatic rings. The fourth-order valence-corrected chi connectivity index (χ4v) is 2.27. The molecular weight excluding hydrogens is 351 g/mol. The van der Waals surface area contributed by atoms with E-state index in [2.05, 4.69) is 4.74 Å². The first-order chi connectivity index (χ1) is 12.1. The Labute approximate surface area is 146 Å². The number of alkyl halides is 3. The summed E-state index contributed by atoms with van der Waals surface area (Å²) < 4.78 is 42.5. The predicted molar refractivity (Wildman–Crippen MR) is 89.4 cm³/mol. The predicted octanol–water partition coefficient (Wildman–Crippen LogP) is 2.74. The van der Waals surface area contributed by atoms with Gasteiger partial charge in [-0.15, -0.1) is 13.2 Å². The molecule has 0 heterocycles. The molecule has 0 fully saturated rings. The van der Waals surface area contributed by atoms with E-state index in [1.165, 1.54) is 12.1 Å². The van der Waals surface area contributed by atoms with E-state index in [9.17, 15) is 18.0 Å². The number of rotatable bonds is 5. The highest BCUT2D eigenvalue weighted by molar-refractivity contribution is 5.95. The summed E-state index contributed by atoms with van der Waals surface area (Å²) in [5.41, 5.74) is 8.37. The van der Waals surface area contributed by atoms with Gasteiger partial charge in [-0.2, -0.15) is 0 Å². The zero-order chi connectivity index (χ0) is 19.5. The van der Waals surface area contributed by atoms with Gasteiger partial charge in [0.15, 0.2) is 5.70 Å². The number of carboxylic acid groups (broad SMARTS) is 1. The summed E-state index contributed by atoms with van der Waals surface area (Å²) >= 11 is 0. The first-order valence-electron chi connectivity index (χ1n) is 7.29. The largest absolute Gasteiger partial charge is 0.573 e. The van der Waals surface area contributed by atoms with Crippen LogP contribution >= 0.6 is 0 Å². The van der Waals surface area contributed by atoms with Crippen molar-refractivity contribution in [1.82, 2.24) is 5.43 Å². The molecule has 0 atom stereocenters. The second-order valence-corrected chi connectivity index (χ2v) is 5.36. The Bertz CT molecular complexity index is 847. The van der Waals surface area contributed by atoms with E-state index in [0.29, 0.717) is 5.56 Å². The van der Waals surface area contributed by atoms with Crippen molar-refractivity contribution >= 4 is 11.7 Å². The third kappa shape index (κ3) is 4.45. The van der Waals surface area contributed by atoms with Gasteiger partial charge in [0.05, 0.1) is 5.70 Å². The Morgan fingerprint density at radius 3 is 2.27 bits per heavy atom. The minimum Gasteiger partial charge on any atom is -0.476 e. The highest BCUT2D eigenvalue weighted by Crippen LogP contribution is 2.36. The maximum Gasteiger partial charge on any atom is 0.573 e. The fraction of sp³-hybridized carbons (Fsp3) is 0.118. The van der Waals surface area contributed by atoms with Crippen molar-refractivity contribution in [3.05, 3.63) is 59.3 Å². The Morgan fingerprint density at radius 2 is 1.77 bits per heavy atom. The summed E-state index contributed by atoms with van der Waals surface area (Å²) in [6, 6.07) is 10.6. The maximum absolute atomic E-state index is 12.8. The quantitative estimate of drug-likeness (QED) is 0.367. The number of hydrogen-bond acceptors (Lipinski definition) is 5. The SMILES string of the molecule is Cc1ccc(-c2ccc(/C(N)=C(/NN)C(=O)O)cc2OC(F)(F)F)cc1. The van der Waals surface area contributed by atoms with Crippen LogP contribution in [0.4, 0.5) is 13.2 Å². The number of aliphatic carboxylic acids is 1. The average molecular weight is 367 g/mol. The van der Waals surface area contributed by atoms with Crippen LogP contribution in [0.15, 0.2) is 48.2 Å². The van der Waals surface area contributed by atoms with Crippen LogP contribution in [0.5, 0.6) is 5.75 Å². The molecule has 0 aliphatic heterocycles. The van der Waals surface area contributed by atoms with Gasteiger partial charge in [-0.05, 0) is 24.6 Å². The van der Waals surface area contributed by atoms with Gasteiger partial charge in [-0.3, -0.25) is 5.84 Å². The summed E-state index contributed by atoms with van der Waals surface area (Å²) in [6.45, 7) is 1.85. The van der Waals surface area contributed by atoms with Crippen molar-refractivity contribution in [1.29, 1.82) is 0 Å². The highest BCUT2D eigenvalue weighted by Gasteiger charge is 2.32. The molecule has 0 radical (unpaired) electrons. The molecule has 6 N–H and O–H groups in total. The van der Waals surface area contributed by atoms with Crippen molar-refractivity contribution in [2.75, 3.05) is 0 Å². The monoisotopic (exact) mass is 367 g/mol. The summed E-state index contributed by atoms with van der Waals surface area (Å²) in [6.07, 6.45) is -4.93. The van der Waals surface area contributed by atoms with Crippen molar-refractivity contribution in [2.45, 2.75) is 13.3 Å². The molecule has 2 aromatic carbocycles. The van der Waals surface area contributed by atoms with Gasteiger partial charge < -0.3 is 21.0 Å². The molecule has 0 saturated carbocycles. The molecule has 0 aliphatic rings. The van der Waals surface area contributed by atoms with Gasteiger partial charge >= 0.3 is 12.3 Å². The summed E-state index contributed by atoms with van der Waals surface area (Å²) in [5.74, 6) is 3.14. The lowest BCUT2D eigenvalue weighted by molar-refractivity contribution is -0.274. The van der Waals surface area contributed by atoms with Gasteiger partial charge in [0.2, 0.25) is 0 Å². The number of carboxylic acids is 1. The first kappa shape index (κ1) is 19.1. The molecule has 0 bridgehead atoms. The minimum absolute atomic E-state index is 0.00969. The van der Waals surface area contributed by atoms with E-state index in [-0.39, 0.29) is 16.8 Å². The third-order valence-corrected chi connectivity index (χ3v) is 3.51. The molecule has 26 heavy (non-hydrogen) atoms. The Hall–Kier alpha value is -3.20. The number of carbonyl (C=O) groups is 1. The number of hydrogen-bond donors (Lipinski definition) is 4. The topological polar surface area (TPSA) is 111 Å².